The molecule has 18 heavy (non-hydrogen) atoms. The van der Waals surface area contributed by atoms with E-state index in [4.69, 9.17) is 10.8 Å². The van der Waals surface area contributed by atoms with Crippen LogP contribution in [0, 0.1) is 0 Å². The van der Waals surface area contributed by atoms with Crippen LogP contribution in [0.25, 0.3) is 0 Å². The molecular formula is C15H27N3. The van der Waals surface area contributed by atoms with Crippen LogP contribution in [0.2, 0.25) is 0 Å². The highest BCUT2D eigenvalue weighted by Crippen LogP contribution is 2.34. The third kappa shape index (κ3) is 2.88. The SMILES string of the molecule is CCCc1c(C2CCCCCCC2)nn(C)c1N. The summed E-state index contributed by atoms with van der Waals surface area (Å²) in [7, 11) is 1.97. The second-order valence-corrected chi connectivity index (χ2v) is 5.66. The highest BCUT2D eigenvalue weighted by atomic mass is 15.3. The summed E-state index contributed by atoms with van der Waals surface area (Å²) in [6.45, 7) is 2.22. The number of aromatic nitrogens is 2. The van der Waals surface area contributed by atoms with E-state index in [1.54, 1.807) is 0 Å². The predicted octanol–water partition coefficient (Wildman–Crippen LogP) is 3.78. The Balaban J connectivity index is 2.21. The van der Waals surface area contributed by atoms with Gasteiger partial charge in [-0.15, -0.1) is 0 Å². The molecular weight excluding hydrogens is 222 g/mol. The molecule has 2 N–H and O–H groups in total. The molecule has 0 spiro atoms. The van der Waals surface area contributed by atoms with Gasteiger partial charge in [0, 0.05) is 18.5 Å². The molecule has 0 aliphatic heterocycles. The fourth-order valence-corrected chi connectivity index (χ4v) is 3.17. The molecule has 0 aromatic carbocycles. The van der Waals surface area contributed by atoms with E-state index in [1.807, 2.05) is 11.7 Å². The lowest BCUT2D eigenvalue weighted by Gasteiger charge is -2.19. The first-order chi connectivity index (χ1) is 8.74. The van der Waals surface area contributed by atoms with E-state index < -0.39 is 0 Å². The zero-order valence-electron chi connectivity index (χ0n) is 11.9. The lowest BCUT2D eigenvalue weighted by molar-refractivity contribution is 0.445. The predicted molar refractivity (Wildman–Crippen MR) is 76.7 cm³/mol. The van der Waals surface area contributed by atoms with E-state index in [1.165, 1.54) is 56.2 Å². The Morgan fingerprint density at radius 1 is 1.17 bits per heavy atom. The lowest BCUT2D eigenvalue weighted by atomic mass is 9.86. The lowest BCUT2D eigenvalue weighted by Crippen LogP contribution is -2.06. The van der Waals surface area contributed by atoms with Gasteiger partial charge in [-0.3, -0.25) is 4.68 Å². The molecule has 3 heteroatoms. The summed E-state index contributed by atoms with van der Waals surface area (Å²) in [6.07, 6.45) is 11.7. The van der Waals surface area contributed by atoms with Crippen LogP contribution in [0.4, 0.5) is 5.82 Å². The Morgan fingerprint density at radius 3 is 2.39 bits per heavy atom. The van der Waals surface area contributed by atoms with E-state index in [0.717, 1.165) is 18.7 Å². The van der Waals surface area contributed by atoms with Crippen molar-refractivity contribution in [1.29, 1.82) is 0 Å². The highest BCUT2D eigenvalue weighted by molar-refractivity contribution is 5.44. The van der Waals surface area contributed by atoms with Gasteiger partial charge in [-0.2, -0.15) is 5.10 Å². The van der Waals surface area contributed by atoms with Gasteiger partial charge < -0.3 is 5.73 Å². The molecule has 0 saturated heterocycles. The fraction of sp³-hybridized carbons (Fsp3) is 0.800. The molecule has 1 aromatic heterocycles. The summed E-state index contributed by atoms with van der Waals surface area (Å²) in [6, 6.07) is 0. The zero-order valence-corrected chi connectivity index (χ0v) is 11.9. The molecule has 1 fully saturated rings. The summed E-state index contributed by atoms with van der Waals surface area (Å²) in [5.41, 5.74) is 8.80. The second-order valence-electron chi connectivity index (χ2n) is 5.66. The average molecular weight is 249 g/mol. The Hall–Kier alpha value is -0.990. The van der Waals surface area contributed by atoms with Crippen LogP contribution in [0.5, 0.6) is 0 Å². The third-order valence-corrected chi connectivity index (χ3v) is 4.22. The van der Waals surface area contributed by atoms with Crippen molar-refractivity contribution in [3.63, 3.8) is 0 Å². The molecule has 1 aromatic rings. The van der Waals surface area contributed by atoms with Gasteiger partial charge in [0.15, 0.2) is 0 Å². The van der Waals surface area contributed by atoms with Gasteiger partial charge in [-0.1, -0.05) is 45.4 Å². The number of nitrogens with zero attached hydrogens (tertiary/aromatic N) is 2. The van der Waals surface area contributed by atoms with Crippen LogP contribution < -0.4 is 5.73 Å². The summed E-state index contributed by atoms with van der Waals surface area (Å²) < 4.78 is 1.87. The maximum Gasteiger partial charge on any atom is 0.124 e. The van der Waals surface area contributed by atoms with E-state index in [-0.39, 0.29) is 0 Å². The number of anilines is 1. The summed E-state index contributed by atoms with van der Waals surface area (Å²) in [4.78, 5) is 0. The van der Waals surface area contributed by atoms with Crippen LogP contribution >= 0.6 is 0 Å². The molecule has 1 saturated carbocycles. The number of aryl methyl sites for hydroxylation is 1. The summed E-state index contributed by atoms with van der Waals surface area (Å²) in [5, 5.41) is 4.72. The van der Waals surface area contributed by atoms with Crippen molar-refractivity contribution in [3.8, 4) is 0 Å². The Kier molecular flexibility index (Phi) is 4.67. The van der Waals surface area contributed by atoms with Crippen molar-refractivity contribution >= 4 is 5.82 Å². The Morgan fingerprint density at radius 2 is 1.78 bits per heavy atom. The first kappa shape index (κ1) is 13.4. The van der Waals surface area contributed by atoms with Crippen molar-refractivity contribution in [2.24, 2.45) is 7.05 Å². The standard InChI is InChI=1S/C15H27N3/c1-3-9-13-14(17-18(2)15(13)16)12-10-7-5-4-6-8-11-12/h12H,3-11,16H2,1-2H3. The number of hydrogen-bond acceptors (Lipinski definition) is 2. The fourth-order valence-electron chi connectivity index (χ4n) is 3.17. The smallest absolute Gasteiger partial charge is 0.124 e. The van der Waals surface area contributed by atoms with E-state index in [9.17, 15) is 0 Å². The van der Waals surface area contributed by atoms with Crippen molar-refractivity contribution in [3.05, 3.63) is 11.3 Å². The minimum atomic E-state index is 0.648. The monoisotopic (exact) mass is 249 g/mol. The first-order valence-corrected chi connectivity index (χ1v) is 7.55. The van der Waals surface area contributed by atoms with Crippen LogP contribution in [-0.2, 0) is 13.5 Å². The molecule has 0 unspecified atom stereocenters. The molecule has 1 aliphatic rings. The van der Waals surface area contributed by atoms with Gasteiger partial charge in [0.2, 0.25) is 0 Å². The molecule has 0 amide bonds. The minimum Gasteiger partial charge on any atom is -0.384 e. The van der Waals surface area contributed by atoms with E-state index in [2.05, 4.69) is 6.92 Å². The molecule has 0 bridgehead atoms. The van der Waals surface area contributed by atoms with E-state index in [0.29, 0.717) is 5.92 Å². The van der Waals surface area contributed by atoms with Crippen molar-refractivity contribution in [2.75, 3.05) is 5.73 Å². The quantitative estimate of drug-likeness (QED) is 0.886. The van der Waals surface area contributed by atoms with Gasteiger partial charge in [-0.05, 0) is 19.3 Å². The summed E-state index contributed by atoms with van der Waals surface area (Å²) >= 11 is 0. The van der Waals surface area contributed by atoms with Gasteiger partial charge in [-0.25, -0.2) is 0 Å². The minimum absolute atomic E-state index is 0.648. The van der Waals surface area contributed by atoms with Crippen LogP contribution in [0.3, 0.4) is 0 Å². The number of nitrogen functional groups attached to an aromatic ring is 1. The molecule has 0 radical (unpaired) electrons. The van der Waals surface area contributed by atoms with Crippen LogP contribution in [0.1, 0.15) is 75.5 Å². The molecule has 1 heterocycles. The molecule has 102 valence electrons. The van der Waals surface area contributed by atoms with Crippen molar-refractivity contribution in [2.45, 2.75) is 70.6 Å². The third-order valence-electron chi connectivity index (χ3n) is 4.22. The average Bonchev–Trinajstić information content (AvgIpc) is 2.58. The number of nitrogens with two attached hydrogens (primary N) is 1. The summed E-state index contributed by atoms with van der Waals surface area (Å²) in [5.74, 6) is 1.53. The maximum atomic E-state index is 6.17. The topological polar surface area (TPSA) is 43.8 Å². The van der Waals surface area contributed by atoms with Gasteiger partial charge in [0.05, 0.1) is 5.69 Å². The Bertz CT molecular complexity index is 373. The van der Waals surface area contributed by atoms with Crippen LogP contribution in [-0.4, -0.2) is 9.78 Å². The highest BCUT2D eigenvalue weighted by Gasteiger charge is 2.22. The van der Waals surface area contributed by atoms with Crippen molar-refractivity contribution in [1.82, 2.24) is 9.78 Å². The molecule has 0 atom stereocenters. The van der Waals surface area contributed by atoms with E-state index >= 15 is 0 Å². The molecule has 1 aliphatic carbocycles. The van der Waals surface area contributed by atoms with Gasteiger partial charge in [0.1, 0.15) is 5.82 Å². The van der Waals surface area contributed by atoms with Crippen molar-refractivity contribution < 1.29 is 0 Å². The van der Waals surface area contributed by atoms with Gasteiger partial charge >= 0.3 is 0 Å². The Labute approximate surface area is 111 Å². The maximum absolute atomic E-state index is 6.17. The number of hydrogen-bond donors (Lipinski definition) is 1. The van der Waals surface area contributed by atoms with Crippen LogP contribution in [0.15, 0.2) is 0 Å². The largest absolute Gasteiger partial charge is 0.384 e. The normalized spacial score (nSPS) is 18.6. The molecule has 3 nitrogen and oxygen atoms in total. The first-order valence-electron chi connectivity index (χ1n) is 7.55. The van der Waals surface area contributed by atoms with Gasteiger partial charge in [0.25, 0.3) is 0 Å². The molecule has 2 rings (SSSR count). The second kappa shape index (κ2) is 6.26. The number of rotatable bonds is 3. The zero-order chi connectivity index (χ0) is 13.0.